The highest BCUT2D eigenvalue weighted by Gasteiger charge is 2.29. The van der Waals surface area contributed by atoms with Crippen molar-refractivity contribution in [2.45, 2.75) is 37.6 Å². The van der Waals surface area contributed by atoms with Crippen molar-refractivity contribution in [3.63, 3.8) is 0 Å². The molecule has 0 amide bonds. The van der Waals surface area contributed by atoms with Crippen LogP contribution >= 0.6 is 11.8 Å². The number of rotatable bonds is 5. The molecule has 2 heterocycles. The third-order valence-corrected chi connectivity index (χ3v) is 7.49. The van der Waals surface area contributed by atoms with Crippen LogP contribution in [0.3, 0.4) is 0 Å². The lowest BCUT2D eigenvalue weighted by atomic mass is 10.1. The molecule has 0 N–H and O–H groups in total. The molecule has 130 valence electrons. The normalized spacial score (nSPS) is 19.7. The number of aromatic nitrogens is 3. The highest BCUT2D eigenvalue weighted by molar-refractivity contribution is 7.98. The Morgan fingerprint density at radius 1 is 1.29 bits per heavy atom. The monoisotopic (exact) mass is 365 g/mol. The third-order valence-electron chi connectivity index (χ3n) is 4.58. The number of nitrogens with zero attached hydrogens (tertiary/aromatic N) is 3. The molecule has 0 spiro atoms. The summed E-state index contributed by atoms with van der Waals surface area (Å²) >= 11 is 1.67. The Morgan fingerprint density at radius 2 is 2.08 bits per heavy atom. The minimum absolute atomic E-state index is 0.176. The minimum Gasteiger partial charge on any atom is -0.309 e. The molecule has 3 rings (SSSR count). The molecule has 1 fully saturated rings. The van der Waals surface area contributed by atoms with Crippen molar-refractivity contribution < 1.29 is 8.42 Å². The van der Waals surface area contributed by atoms with Gasteiger partial charge in [-0.1, -0.05) is 35.5 Å². The van der Waals surface area contributed by atoms with Crippen molar-refractivity contribution in [3.8, 4) is 0 Å². The van der Waals surface area contributed by atoms with Gasteiger partial charge >= 0.3 is 0 Å². The first-order valence-corrected chi connectivity index (χ1v) is 10.9. The number of benzene rings is 1. The van der Waals surface area contributed by atoms with E-state index in [4.69, 9.17) is 0 Å². The molecule has 1 aliphatic heterocycles. The van der Waals surface area contributed by atoms with Gasteiger partial charge in [0.05, 0.1) is 11.5 Å². The molecule has 24 heavy (non-hydrogen) atoms. The Balaban J connectivity index is 1.66. The first-order valence-electron chi connectivity index (χ1n) is 8.12. The molecule has 1 aromatic carbocycles. The SMILES string of the molecule is Cc1ccc(C)c(CSc2nnc(C[C@@H]3CCS(=O)(=O)C3)n2C)c1. The standard InChI is InChI=1S/C17H23N3O2S2/c1-12-4-5-13(2)15(8-12)10-23-17-19-18-16(20(17)3)9-14-6-7-24(21,22)11-14/h4-5,8,14H,6-7,9-11H2,1-3H3/t14-/m0/s1. The van der Waals surface area contributed by atoms with Gasteiger partial charge in [-0.15, -0.1) is 10.2 Å². The van der Waals surface area contributed by atoms with Crippen LogP contribution in [0.4, 0.5) is 0 Å². The quantitative estimate of drug-likeness (QED) is 0.762. The maximum atomic E-state index is 11.6. The highest BCUT2D eigenvalue weighted by Crippen LogP contribution is 2.26. The van der Waals surface area contributed by atoms with Crippen molar-refractivity contribution >= 4 is 21.6 Å². The molecule has 7 heteroatoms. The van der Waals surface area contributed by atoms with Gasteiger partial charge in [-0.2, -0.15) is 0 Å². The van der Waals surface area contributed by atoms with E-state index in [0.717, 1.165) is 23.2 Å². The number of hydrogen-bond donors (Lipinski definition) is 0. The van der Waals surface area contributed by atoms with Gasteiger partial charge in [0, 0.05) is 19.2 Å². The van der Waals surface area contributed by atoms with E-state index in [9.17, 15) is 8.42 Å². The van der Waals surface area contributed by atoms with Gasteiger partial charge in [0.1, 0.15) is 5.82 Å². The van der Waals surface area contributed by atoms with Crippen LogP contribution in [0.25, 0.3) is 0 Å². The summed E-state index contributed by atoms with van der Waals surface area (Å²) in [6, 6.07) is 6.48. The average molecular weight is 366 g/mol. The summed E-state index contributed by atoms with van der Waals surface area (Å²) in [7, 11) is -0.877. The number of hydrogen-bond acceptors (Lipinski definition) is 5. The van der Waals surface area contributed by atoms with E-state index in [1.54, 1.807) is 11.8 Å². The Kier molecular flexibility index (Phi) is 5.01. The Bertz CT molecular complexity index is 844. The summed E-state index contributed by atoms with van der Waals surface area (Å²) in [6.45, 7) is 4.22. The first-order chi connectivity index (χ1) is 11.3. The molecule has 0 radical (unpaired) electrons. The van der Waals surface area contributed by atoms with E-state index < -0.39 is 9.84 Å². The van der Waals surface area contributed by atoms with E-state index in [0.29, 0.717) is 12.2 Å². The third kappa shape index (κ3) is 4.00. The van der Waals surface area contributed by atoms with Crippen molar-refractivity contribution in [1.82, 2.24) is 14.8 Å². The predicted molar refractivity (Wildman–Crippen MR) is 96.9 cm³/mol. The van der Waals surface area contributed by atoms with Gasteiger partial charge in [-0.05, 0) is 37.3 Å². The number of sulfone groups is 1. The highest BCUT2D eigenvalue weighted by atomic mass is 32.2. The summed E-state index contributed by atoms with van der Waals surface area (Å²) in [5.41, 5.74) is 3.86. The van der Waals surface area contributed by atoms with Crippen LogP contribution in [-0.2, 0) is 29.1 Å². The Morgan fingerprint density at radius 3 is 2.79 bits per heavy atom. The Hall–Kier alpha value is -1.34. The molecule has 5 nitrogen and oxygen atoms in total. The van der Waals surface area contributed by atoms with Gasteiger partial charge in [0.2, 0.25) is 0 Å². The molecule has 1 saturated heterocycles. The molecule has 0 saturated carbocycles. The molecular weight excluding hydrogens is 342 g/mol. The second-order valence-electron chi connectivity index (χ2n) is 6.65. The lowest BCUT2D eigenvalue weighted by Crippen LogP contribution is -2.11. The maximum absolute atomic E-state index is 11.6. The molecule has 2 aromatic rings. The smallest absolute Gasteiger partial charge is 0.191 e. The fourth-order valence-corrected chi connectivity index (χ4v) is 5.89. The van der Waals surface area contributed by atoms with E-state index in [2.05, 4.69) is 42.2 Å². The van der Waals surface area contributed by atoms with Crippen molar-refractivity contribution in [2.75, 3.05) is 11.5 Å². The predicted octanol–water partition coefficient (Wildman–Crippen LogP) is 2.70. The summed E-state index contributed by atoms with van der Waals surface area (Å²) in [6.07, 6.45) is 1.42. The minimum atomic E-state index is -2.84. The second-order valence-corrected chi connectivity index (χ2v) is 9.82. The van der Waals surface area contributed by atoms with Crippen molar-refractivity contribution in [1.29, 1.82) is 0 Å². The van der Waals surface area contributed by atoms with Crippen LogP contribution in [0.1, 0.15) is 28.9 Å². The molecule has 1 atom stereocenters. The summed E-state index contributed by atoms with van der Waals surface area (Å²) < 4.78 is 25.2. The average Bonchev–Trinajstić information content (AvgIpc) is 3.04. The topological polar surface area (TPSA) is 64.8 Å². The lowest BCUT2D eigenvalue weighted by Gasteiger charge is -2.09. The number of aryl methyl sites for hydroxylation is 2. The molecule has 0 bridgehead atoms. The van der Waals surface area contributed by atoms with Crippen LogP contribution in [0.15, 0.2) is 23.4 Å². The second kappa shape index (κ2) is 6.88. The van der Waals surface area contributed by atoms with Gasteiger partial charge in [0.25, 0.3) is 0 Å². The summed E-state index contributed by atoms with van der Waals surface area (Å²) in [4.78, 5) is 0. The molecule has 1 aromatic heterocycles. The molecule has 0 unspecified atom stereocenters. The zero-order chi connectivity index (χ0) is 17.3. The van der Waals surface area contributed by atoms with Crippen LogP contribution in [0, 0.1) is 19.8 Å². The van der Waals surface area contributed by atoms with Gasteiger partial charge in [-0.3, -0.25) is 0 Å². The van der Waals surface area contributed by atoms with E-state index in [1.165, 1.54) is 16.7 Å². The summed E-state index contributed by atoms with van der Waals surface area (Å²) in [5.74, 6) is 2.50. The summed E-state index contributed by atoms with van der Waals surface area (Å²) in [5, 5.41) is 9.45. The van der Waals surface area contributed by atoms with Gasteiger partial charge in [-0.25, -0.2) is 8.42 Å². The fraction of sp³-hybridized carbons (Fsp3) is 0.529. The maximum Gasteiger partial charge on any atom is 0.191 e. The zero-order valence-electron chi connectivity index (χ0n) is 14.3. The van der Waals surface area contributed by atoms with E-state index >= 15 is 0 Å². The van der Waals surface area contributed by atoms with Crippen LogP contribution in [-0.4, -0.2) is 34.7 Å². The van der Waals surface area contributed by atoms with Crippen LogP contribution in [0.5, 0.6) is 0 Å². The van der Waals surface area contributed by atoms with Crippen molar-refractivity contribution in [3.05, 3.63) is 40.7 Å². The molecule has 0 aliphatic carbocycles. The number of thioether (sulfide) groups is 1. The first kappa shape index (κ1) is 17.5. The van der Waals surface area contributed by atoms with Crippen LogP contribution < -0.4 is 0 Å². The largest absolute Gasteiger partial charge is 0.309 e. The lowest BCUT2D eigenvalue weighted by molar-refractivity contribution is 0.552. The molecular formula is C17H23N3O2S2. The van der Waals surface area contributed by atoms with E-state index in [-0.39, 0.29) is 11.7 Å². The van der Waals surface area contributed by atoms with E-state index in [1.807, 2.05) is 11.6 Å². The van der Waals surface area contributed by atoms with Gasteiger partial charge < -0.3 is 4.57 Å². The zero-order valence-corrected chi connectivity index (χ0v) is 16.0. The fourth-order valence-electron chi connectivity index (χ4n) is 3.04. The Labute approximate surface area is 147 Å². The molecule has 1 aliphatic rings. The van der Waals surface area contributed by atoms with Crippen molar-refractivity contribution in [2.24, 2.45) is 13.0 Å². The van der Waals surface area contributed by atoms with Crippen LogP contribution in [0.2, 0.25) is 0 Å². The van der Waals surface area contributed by atoms with Gasteiger partial charge in [0.15, 0.2) is 15.0 Å².